The highest BCUT2D eigenvalue weighted by molar-refractivity contribution is 7.09. The fraction of sp³-hybridized carbons (Fsp3) is 0.556. The topological polar surface area (TPSA) is 65.5 Å². The second kappa shape index (κ2) is 7.67. The van der Waals surface area contributed by atoms with E-state index in [-0.39, 0.29) is 11.8 Å². The van der Waals surface area contributed by atoms with Crippen molar-refractivity contribution >= 4 is 23.2 Å². The molecule has 3 rings (SSSR count). The molecule has 7 nitrogen and oxygen atoms in total. The molecule has 0 saturated carbocycles. The number of amides is 1. The SMILES string of the molecule is Cc1ncsc1CN1CCC(c2nc(N(C)C)ncc2C(=O)N(C)C)C1. The summed E-state index contributed by atoms with van der Waals surface area (Å²) in [5.74, 6) is 0.845. The van der Waals surface area contributed by atoms with Crippen LogP contribution in [-0.2, 0) is 6.54 Å². The monoisotopic (exact) mass is 374 g/mol. The molecule has 0 aromatic carbocycles. The normalized spacial score (nSPS) is 17.5. The van der Waals surface area contributed by atoms with Gasteiger partial charge in [0.1, 0.15) is 0 Å². The second-order valence-electron chi connectivity index (χ2n) is 7.14. The molecule has 140 valence electrons. The van der Waals surface area contributed by atoms with E-state index < -0.39 is 0 Å². The van der Waals surface area contributed by atoms with E-state index in [1.165, 1.54) is 4.88 Å². The van der Waals surface area contributed by atoms with Crippen molar-refractivity contribution in [1.29, 1.82) is 0 Å². The number of aryl methyl sites for hydroxylation is 1. The highest BCUT2D eigenvalue weighted by Gasteiger charge is 2.30. The maximum Gasteiger partial charge on any atom is 0.256 e. The van der Waals surface area contributed by atoms with Crippen LogP contribution in [0.1, 0.15) is 39.0 Å². The lowest BCUT2D eigenvalue weighted by molar-refractivity contribution is 0.0825. The molecular formula is C18H26N6OS. The molecule has 0 bridgehead atoms. The van der Waals surface area contributed by atoms with Gasteiger partial charge in [0.2, 0.25) is 5.95 Å². The quantitative estimate of drug-likeness (QED) is 0.798. The Balaban J connectivity index is 1.84. The standard InChI is InChI=1S/C18H26N6OS/c1-12-15(26-11-20-12)10-24-7-6-13(9-24)16-14(17(25)22(2)3)8-19-18(21-16)23(4)5/h8,11,13H,6-7,9-10H2,1-5H3. The van der Waals surface area contributed by atoms with E-state index in [0.29, 0.717) is 11.5 Å². The molecule has 1 aliphatic heterocycles. The summed E-state index contributed by atoms with van der Waals surface area (Å²) in [5, 5.41) is 0. The summed E-state index contributed by atoms with van der Waals surface area (Å²) in [7, 11) is 7.36. The Morgan fingerprint density at radius 1 is 1.31 bits per heavy atom. The van der Waals surface area contributed by atoms with Gasteiger partial charge in [-0.3, -0.25) is 9.69 Å². The van der Waals surface area contributed by atoms with Crippen LogP contribution in [0.15, 0.2) is 11.7 Å². The zero-order chi connectivity index (χ0) is 18.8. The van der Waals surface area contributed by atoms with Gasteiger partial charge in [0.25, 0.3) is 5.91 Å². The van der Waals surface area contributed by atoms with Gasteiger partial charge in [-0.15, -0.1) is 11.3 Å². The number of carbonyl (C=O) groups excluding carboxylic acids is 1. The molecule has 1 atom stereocenters. The van der Waals surface area contributed by atoms with Crippen LogP contribution in [0.4, 0.5) is 5.95 Å². The minimum Gasteiger partial charge on any atom is -0.347 e. The van der Waals surface area contributed by atoms with Crippen LogP contribution in [0.5, 0.6) is 0 Å². The van der Waals surface area contributed by atoms with E-state index in [2.05, 4.69) is 21.8 Å². The summed E-state index contributed by atoms with van der Waals surface area (Å²) >= 11 is 1.71. The van der Waals surface area contributed by atoms with E-state index in [1.54, 1.807) is 36.5 Å². The van der Waals surface area contributed by atoms with Crippen LogP contribution < -0.4 is 4.90 Å². The first-order valence-corrected chi connectivity index (χ1v) is 9.62. The summed E-state index contributed by atoms with van der Waals surface area (Å²) in [6.07, 6.45) is 2.67. The summed E-state index contributed by atoms with van der Waals surface area (Å²) in [6, 6.07) is 0. The van der Waals surface area contributed by atoms with Crippen LogP contribution >= 0.6 is 11.3 Å². The summed E-state index contributed by atoms with van der Waals surface area (Å²) in [6.45, 7) is 4.87. The molecular weight excluding hydrogens is 348 g/mol. The van der Waals surface area contributed by atoms with E-state index >= 15 is 0 Å². The maximum atomic E-state index is 12.6. The molecule has 8 heteroatoms. The van der Waals surface area contributed by atoms with Gasteiger partial charge >= 0.3 is 0 Å². The Morgan fingerprint density at radius 3 is 2.69 bits per heavy atom. The molecule has 26 heavy (non-hydrogen) atoms. The molecule has 1 amide bonds. The van der Waals surface area contributed by atoms with Crippen LogP contribution in [0.2, 0.25) is 0 Å². The molecule has 3 heterocycles. The number of nitrogens with zero attached hydrogens (tertiary/aromatic N) is 6. The minimum atomic E-state index is -0.0398. The van der Waals surface area contributed by atoms with Crippen LogP contribution in [0.3, 0.4) is 0 Å². The largest absolute Gasteiger partial charge is 0.347 e. The van der Waals surface area contributed by atoms with E-state index in [1.807, 2.05) is 24.5 Å². The first kappa shape index (κ1) is 18.7. The van der Waals surface area contributed by atoms with Gasteiger partial charge in [0, 0.05) is 58.3 Å². The number of hydrogen-bond acceptors (Lipinski definition) is 7. The Bertz CT molecular complexity index is 788. The first-order valence-electron chi connectivity index (χ1n) is 8.74. The van der Waals surface area contributed by atoms with Crippen LogP contribution in [0.25, 0.3) is 0 Å². The third-order valence-electron chi connectivity index (χ3n) is 4.71. The van der Waals surface area contributed by atoms with Crippen molar-refractivity contribution in [2.45, 2.75) is 25.8 Å². The number of rotatable bonds is 5. The van der Waals surface area contributed by atoms with Crippen molar-refractivity contribution in [2.24, 2.45) is 0 Å². The summed E-state index contributed by atoms with van der Waals surface area (Å²) < 4.78 is 0. The van der Waals surface area contributed by atoms with Crippen molar-refractivity contribution in [3.8, 4) is 0 Å². The van der Waals surface area contributed by atoms with E-state index in [9.17, 15) is 4.79 Å². The van der Waals surface area contributed by atoms with Gasteiger partial charge in [-0.1, -0.05) is 0 Å². The Hall–Kier alpha value is -2.06. The number of anilines is 1. The molecule has 2 aromatic rings. The van der Waals surface area contributed by atoms with Gasteiger partial charge in [-0.05, 0) is 19.9 Å². The number of aromatic nitrogens is 3. The van der Waals surface area contributed by atoms with Gasteiger partial charge in [0.05, 0.1) is 22.5 Å². The molecule has 1 saturated heterocycles. The third kappa shape index (κ3) is 3.86. The third-order valence-corrected chi connectivity index (χ3v) is 5.63. The number of hydrogen-bond donors (Lipinski definition) is 0. The van der Waals surface area contributed by atoms with E-state index in [4.69, 9.17) is 4.98 Å². The first-order chi connectivity index (χ1) is 12.4. The fourth-order valence-electron chi connectivity index (χ4n) is 3.20. The van der Waals surface area contributed by atoms with Crippen molar-refractivity contribution in [3.05, 3.63) is 33.5 Å². The Labute approximate surface area is 158 Å². The predicted molar refractivity (Wildman–Crippen MR) is 104 cm³/mol. The molecule has 0 radical (unpaired) electrons. The zero-order valence-corrected chi connectivity index (χ0v) is 16.9. The number of likely N-dealkylation sites (tertiary alicyclic amines) is 1. The van der Waals surface area contributed by atoms with Crippen LogP contribution in [0, 0.1) is 6.92 Å². The average molecular weight is 375 g/mol. The molecule has 0 N–H and O–H groups in total. The molecule has 0 aliphatic carbocycles. The summed E-state index contributed by atoms with van der Waals surface area (Å²) in [5.41, 5.74) is 4.49. The van der Waals surface area contributed by atoms with Gasteiger partial charge in [-0.25, -0.2) is 15.0 Å². The Kier molecular flexibility index (Phi) is 5.52. The molecule has 1 unspecified atom stereocenters. The lowest BCUT2D eigenvalue weighted by Gasteiger charge is -2.20. The van der Waals surface area contributed by atoms with Gasteiger partial charge < -0.3 is 9.80 Å². The maximum absolute atomic E-state index is 12.6. The van der Waals surface area contributed by atoms with Crippen molar-refractivity contribution in [2.75, 3.05) is 46.2 Å². The molecule has 1 fully saturated rings. The zero-order valence-electron chi connectivity index (χ0n) is 16.1. The van der Waals surface area contributed by atoms with Crippen molar-refractivity contribution < 1.29 is 4.79 Å². The molecule has 2 aromatic heterocycles. The second-order valence-corrected chi connectivity index (χ2v) is 8.08. The minimum absolute atomic E-state index is 0.0398. The van der Waals surface area contributed by atoms with E-state index in [0.717, 1.165) is 37.4 Å². The van der Waals surface area contributed by atoms with Crippen molar-refractivity contribution in [1.82, 2.24) is 24.8 Å². The number of carbonyl (C=O) groups is 1. The van der Waals surface area contributed by atoms with Gasteiger partial charge in [0.15, 0.2) is 0 Å². The van der Waals surface area contributed by atoms with Crippen molar-refractivity contribution in [3.63, 3.8) is 0 Å². The summed E-state index contributed by atoms with van der Waals surface area (Å²) in [4.78, 5) is 33.2. The van der Waals surface area contributed by atoms with Crippen LogP contribution in [-0.4, -0.2) is 71.9 Å². The highest BCUT2D eigenvalue weighted by atomic mass is 32.1. The number of thiazole rings is 1. The smallest absolute Gasteiger partial charge is 0.256 e. The molecule has 0 spiro atoms. The average Bonchev–Trinajstić information content (AvgIpc) is 3.23. The highest BCUT2D eigenvalue weighted by Crippen LogP contribution is 2.31. The fourth-order valence-corrected chi connectivity index (χ4v) is 4.02. The van der Waals surface area contributed by atoms with Gasteiger partial charge in [-0.2, -0.15) is 0 Å². The molecule has 1 aliphatic rings. The Morgan fingerprint density at radius 2 is 2.08 bits per heavy atom. The lowest BCUT2D eigenvalue weighted by Crippen LogP contribution is -2.26. The predicted octanol–water partition coefficient (Wildman–Crippen LogP) is 2.00. The lowest BCUT2D eigenvalue weighted by atomic mass is 9.99.